The Morgan fingerprint density at radius 3 is 2.52 bits per heavy atom. The predicted molar refractivity (Wildman–Crippen MR) is 140 cm³/mol. The number of rotatable bonds is 12. The van der Waals surface area contributed by atoms with Crippen LogP contribution < -0.4 is 4.74 Å². The lowest BCUT2D eigenvalue weighted by Crippen LogP contribution is -2.09. The average molecular weight is 447 g/mol. The first-order valence-electron chi connectivity index (χ1n) is 12.0. The van der Waals surface area contributed by atoms with Crippen LogP contribution in [0.25, 0.3) is 12.2 Å². The van der Waals surface area contributed by atoms with Gasteiger partial charge in [0.2, 0.25) is 0 Å². The Kier molecular flexibility index (Phi) is 10.7. The number of hydrogen-bond donors (Lipinski definition) is 1. The smallest absolute Gasteiger partial charge is 0.343 e. The molecule has 0 fully saturated rings. The zero-order valence-electron chi connectivity index (χ0n) is 20.6. The quantitative estimate of drug-likeness (QED) is 0.154. The van der Waals surface area contributed by atoms with E-state index in [1.54, 1.807) is 24.3 Å². The lowest BCUT2D eigenvalue weighted by molar-refractivity contribution is 0.0734. The normalized spacial score (nSPS) is 11.9. The molecule has 0 amide bonds. The highest BCUT2D eigenvalue weighted by Gasteiger charge is 2.15. The minimum atomic E-state index is -0.443. The standard InChI is InChI=1S/C30H38O3/c1-6-8-9-13-25-20-28(31)27(19-14-23(5)12-10-11-22(3)4)29(21-25)33-30(32)26-17-15-24(7-2)16-18-26/h7,11,14-21,23,31H,2,6,8-10,12-13H2,1,3-5H3/b19-14+. The van der Waals surface area contributed by atoms with Crippen LogP contribution in [0, 0.1) is 5.92 Å². The molecule has 3 heteroatoms. The molecule has 0 bridgehead atoms. The molecule has 0 aliphatic rings. The number of carbonyl (C=O) groups excluding carboxylic acids is 1. The zero-order valence-corrected chi connectivity index (χ0v) is 20.6. The number of phenols is 1. The van der Waals surface area contributed by atoms with E-state index < -0.39 is 5.97 Å². The van der Waals surface area contributed by atoms with Crippen molar-refractivity contribution in [3.8, 4) is 11.5 Å². The largest absolute Gasteiger partial charge is 0.507 e. The monoisotopic (exact) mass is 446 g/mol. The number of esters is 1. The minimum absolute atomic E-state index is 0.140. The van der Waals surface area contributed by atoms with Crippen LogP contribution in [0.3, 0.4) is 0 Å². The Hall–Kier alpha value is -3.07. The molecule has 33 heavy (non-hydrogen) atoms. The maximum absolute atomic E-state index is 12.8. The second-order valence-corrected chi connectivity index (χ2v) is 8.89. The van der Waals surface area contributed by atoms with Crippen molar-refractivity contribution in [2.75, 3.05) is 0 Å². The van der Waals surface area contributed by atoms with E-state index in [0.29, 0.717) is 22.8 Å². The number of ether oxygens (including phenoxy) is 1. The van der Waals surface area contributed by atoms with Crippen molar-refractivity contribution >= 4 is 18.1 Å². The number of unbranched alkanes of at least 4 members (excludes halogenated alkanes) is 2. The van der Waals surface area contributed by atoms with Crippen molar-refractivity contribution in [2.24, 2.45) is 5.92 Å². The fourth-order valence-corrected chi connectivity index (χ4v) is 3.55. The summed E-state index contributed by atoms with van der Waals surface area (Å²) in [6.07, 6.45) is 14.1. The fourth-order valence-electron chi connectivity index (χ4n) is 3.55. The summed E-state index contributed by atoms with van der Waals surface area (Å²) in [5.41, 5.74) is 4.23. The molecule has 2 aromatic rings. The lowest BCUT2D eigenvalue weighted by Gasteiger charge is -2.13. The predicted octanol–water partition coefficient (Wildman–Crippen LogP) is 8.38. The van der Waals surface area contributed by atoms with Crippen LogP contribution in [0.1, 0.15) is 86.8 Å². The van der Waals surface area contributed by atoms with E-state index in [9.17, 15) is 9.90 Å². The van der Waals surface area contributed by atoms with Gasteiger partial charge in [-0.2, -0.15) is 0 Å². The van der Waals surface area contributed by atoms with Gasteiger partial charge in [-0.05, 0) is 80.8 Å². The van der Waals surface area contributed by atoms with Gasteiger partial charge in [-0.3, -0.25) is 0 Å². The van der Waals surface area contributed by atoms with Crippen LogP contribution in [0.2, 0.25) is 0 Å². The highest BCUT2D eigenvalue weighted by Crippen LogP contribution is 2.33. The van der Waals surface area contributed by atoms with Crippen LogP contribution in [0.4, 0.5) is 0 Å². The summed E-state index contributed by atoms with van der Waals surface area (Å²) in [7, 11) is 0. The number of phenolic OH excluding ortho intramolecular Hbond substituents is 1. The first-order valence-corrected chi connectivity index (χ1v) is 12.0. The Bertz CT molecular complexity index is 976. The van der Waals surface area contributed by atoms with E-state index in [1.807, 2.05) is 24.3 Å². The van der Waals surface area contributed by atoms with Crippen LogP contribution in [0.15, 0.2) is 60.7 Å². The van der Waals surface area contributed by atoms with Crippen molar-refractivity contribution in [1.29, 1.82) is 0 Å². The summed E-state index contributed by atoms with van der Waals surface area (Å²) in [5, 5.41) is 10.8. The first-order chi connectivity index (χ1) is 15.8. The van der Waals surface area contributed by atoms with Gasteiger partial charge in [-0.15, -0.1) is 0 Å². The molecule has 0 heterocycles. The second-order valence-electron chi connectivity index (χ2n) is 8.89. The molecular formula is C30H38O3. The molecule has 1 unspecified atom stereocenters. The molecule has 1 N–H and O–H groups in total. The molecular weight excluding hydrogens is 408 g/mol. The summed E-state index contributed by atoms with van der Waals surface area (Å²) in [5.74, 6) is 0.426. The third kappa shape index (κ3) is 8.76. The van der Waals surface area contributed by atoms with Crippen molar-refractivity contribution in [3.05, 3.63) is 83.0 Å². The van der Waals surface area contributed by atoms with E-state index in [0.717, 1.165) is 49.7 Å². The third-order valence-electron chi connectivity index (χ3n) is 5.60. The van der Waals surface area contributed by atoms with E-state index in [1.165, 1.54) is 5.57 Å². The summed E-state index contributed by atoms with van der Waals surface area (Å²) >= 11 is 0. The number of benzene rings is 2. The summed E-state index contributed by atoms with van der Waals surface area (Å²) in [6.45, 7) is 12.3. The SMILES string of the molecule is C=Cc1ccc(C(=O)Oc2cc(CCCCC)cc(O)c2/C=C/C(C)CCC=C(C)C)cc1. The molecule has 0 saturated heterocycles. The maximum atomic E-state index is 12.8. The molecule has 1 atom stereocenters. The molecule has 2 aromatic carbocycles. The van der Waals surface area contributed by atoms with Gasteiger partial charge in [0.05, 0.1) is 11.1 Å². The Balaban J connectivity index is 2.28. The van der Waals surface area contributed by atoms with Gasteiger partial charge in [0, 0.05) is 0 Å². The van der Waals surface area contributed by atoms with Gasteiger partial charge in [-0.25, -0.2) is 4.79 Å². The molecule has 0 saturated carbocycles. The summed E-state index contributed by atoms with van der Waals surface area (Å²) in [4.78, 5) is 12.8. The molecule has 0 spiro atoms. The average Bonchev–Trinajstić information content (AvgIpc) is 2.78. The van der Waals surface area contributed by atoms with E-state index >= 15 is 0 Å². The summed E-state index contributed by atoms with van der Waals surface area (Å²) in [6, 6.07) is 10.8. The Labute approximate surface area is 199 Å². The molecule has 0 aromatic heterocycles. The minimum Gasteiger partial charge on any atom is -0.507 e. The van der Waals surface area contributed by atoms with E-state index in [-0.39, 0.29) is 5.75 Å². The zero-order chi connectivity index (χ0) is 24.2. The molecule has 3 nitrogen and oxygen atoms in total. The molecule has 2 rings (SSSR count). The molecule has 0 aliphatic heterocycles. The highest BCUT2D eigenvalue weighted by molar-refractivity contribution is 5.92. The molecule has 0 aliphatic carbocycles. The number of carbonyl (C=O) groups is 1. The van der Waals surface area contributed by atoms with E-state index in [4.69, 9.17) is 4.74 Å². The first kappa shape index (κ1) is 26.2. The lowest BCUT2D eigenvalue weighted by atomic mass is 10.00. The van der Waals surface area contributed by atoms with Gasteiger partial charge in [0.15, 0.2) is 0 Å². The van der Waals surface area contributed by atoms with Gasteiger partial charge in [0.25, 0.3) is 0 Å². The van der Waals surface area contributed by atoms with Gasteiger partial charge < -0.3 is 9.84 Å². The number of allylic oxidation sites excluding steroid dienone is 3. The van der Waals surface area contributed by atoms with Crippen LogP contribution in [-0.4, -0.2) is 11.1 Å². The fraction of sp³-hybridized carbons (Fsp3) is 0.367. The van der Waals surface area contributed by atoms with E-state index in [2.05, 4.69) is 46.4 Å². The topological polar surface area (TPSA) is 46.5 Å². The summed E-state index contributed by atoms with van der Waals surface area (Å²) < 4.78 is 5.79. The van der Waals surface area contributed by atoms with Crippen LogP contribution in [-0.2, 0) is 6.42 Å². The van der Waals surface area contributed by atoms with Crippen molar-refractivity contribution in [1.82, 2.24) is 0 Å². The number of aromatic hydroxyl groups is 1. The number of aryl methyl sites for hydroxylation is 1. The Morgan fingerprint density at radius 1 is 1.15 bits per heavy atom. The third-order valence-corrected chi connectivity index (χ3v) is 5.60. The second kappa shape index (κ2) is 13.5. The van der Waals surface area contributed by atoms with Crippen LogP contribution in [0.5, 0.6) is 11.5 Å². The van der Waals surface area contributed by atoms with Crippen molar-refractivity contribution in [3.63, 3.8) is 0 Å². The Morgan fingerprint density at radius 2 is 1.88 bits per heavy atom. The molecule has 176 valence electrons. The highest BCUT2D eigenvalue weighted by atomic mass is 16.5. The van der Waals surface area contributed by atoms with Crippen molar-refractivity contribution < 1.29 is 14.6 Å². The number of hydrogen-bond acceptors (Lipinski definition) is 3. The van der Waals surface area contributed by atoms with Crippen LogP contribution >= 0.6 is 0 Å². The van der Waals surface area contributed by atoms with Crippen molar-refractivity contribution in [2.45, 2.75) is 66.2 Å². The molecule has 0 radical (unpaired) electrons. The van der Waals surface area contributed by atoms with Gasteiger partial charge in [-0.1, -0.05) is 75.3 Å². The van der Waals surface area contributed by atoms with Gasteiger partial charge in [0.1, 0.15) is 11.5 Å². The van der Waals surface area contributed by atoms with Gasteiger partial charge >= 0.3 is 5.97 Å². The maximum Gasteiger partial charge on any atom is 0.343 e.